The fourth-order valence-electron chi connectivity index (χ4n) is 5.21. The molecule has 3 aliphatic rings. The molecule has 0 N–H and O–H groups in total. The van der Waals surface area contributed by atoms with Crippen LogP contribution in [0.1, 0.15) is 44.9 Å². The molecule has 8 heteroatoms. The molecule has 0 bridgehead atoms. The number of rotatable bonds is 4. The maximum Gasteiger partial charge on any atom is 0.225 e. The number of hydrogen-bond acceptors (Lipinski definition) is 6. The zero-order chi connectivity index (χ0) is 20.3. The van der Waals surface area contributed by atoms with Gasteiger partial charge in [0, 0.05) is 50.5 Å². The predicted octanol–water partition coefficient (Wildman–Crippen LogP) is 3.02. The lowest BCUT2D eigenvalue weighted by Gasteiger charge is -2.41. The molecule has 162 valence electrons. The Morgan fingerprint density at radius 1 is 0.833 bits per heavy atom. The van der Waals surface area contributed by atoms with E-state index in [1.54, 1.807) is 11.3 Å². The summed E-state index contributed by atoms with van der Waals surface area (Å²) in [5, 5.41) is 10.6. The number of nitrogens with zero attached hydrogens (tertiary/aromatic N) is 6. The van der Waals surface area contributed by atoms with Crippen LogP contribution in [0.15, 0.2) is 24.5 Å². The second-order valence-electron chi connectivity index (χ2n) is 8.87. The number of carbonyl (C=O) groups excluding carboxylic acids is 1. The number of likely N-dealkylation sites (tertiary alicyclic amines) is 2. The van der Waals surface area contributed by atoms with E-state index in [1.807, 2.05) is 29.1 Å². The minimum Gasteiger partial charge on any atom is -0.347 e. The molecule has 0 aromatic carbocycles. The van der Waals surface area contributed by atoms with E-state index < -0.39 is 0 Å². The first-order valence-corrected chi connectivity index (χ1v) is 12.3. The van der Waals surface area contributed by atoms with Crippen molar-refractivity contribution in [3.63, 3.8) is 0 Å². The Labute approximate surface area is 182 Å². The van der Waals surface area contributed by atoms with Gasteiger partial charge in [0.15, 0.2) is 0 Å². The Hall–Kier alpha value is -1.93. The summed E-state index contributed by atoms with van der Waals surface area (Å²) in [6.07, 6.45) is 12.2. The third-order valence-corrected chi connectivity index (χ3v) is 8.02. The van der Waals surface area contributed by atoms with Gasteiger partial charge in [-0.2, -0.15) is 0 Å². The van der Waals surface area contributed by atoms with Gasteiger partial charge in [-0.15, -0.1) is 10.2 Å². The van der Waals surface area contributed by atoms with Crippen LogP contribution in [0, 0.1) is 5.92 Å². The van der Waals surface area contributed by atoms with Crippen molar-refractivity contribution in [1.29, 1.82) is 0 Å². The van der Waals surface area contributed by atoms with Crippen molar-refractivity contribution in [3.8, 4) is 5.13 Å². The van der Waals surface area contributed by atoms with Crippen molar-refractivity contribution < 1.29 is 4.79 Å². The van der Waals surface area contributed by atoms with Gasteiger partial charge in [-0.1, -0.05) is 17.8 Å². The van der Waals surface area contributed by atoms with Crippen molar-refractivity contribution in [2.75, 3.05) is 44.2 Å². The highest BCUT2D eigenvalue weighted by atomic mass is 32.1. The Balaban J connectivity index is 1.10. The largest absolute Gasteiger partial charge is 0.347 e. The third kappa shape index (κ3) is 4.25. The van der Waals surface area contributed by atoms with Crippen molar-refractivity contribution >= 4 is 22.4 Å². The summed E-state index contributed by atoms with van der Waals surface area (Å²) in [4.78, 5) is 20.2. The van der Waals surface area contributed by atoms with Crippen LogP contribution in [0.2, 0.25) is 0 Å². The number of amides is 1. The van der Waals surface area contributed by atoms with Crippen LogP contribution >= 0.6 is 11.3 Å². The molecule has 0 aliphatic carbocycles. The highest BCUT2D eigenvalue weighted by Crippen LogP contribution is 2.29. The third-order valence-electron chi connectivity index (χ3n) is 7.03. The first kappa shape index (κ1) is 20.0. The van der Waals surface area contributed by atoms with E-state index in [4.69, 9.17) is 0 Å². The average molecular weight is 429 g/mol. The normalized spacial score (nSPS) is 22.5. The first-order chi connectivity index (χ1) is 14.8. The molecule has 0 atom stereocenters. The maximum atomic E-state index is 13.1. The topological polar surface area (TPSA) is 57.5 Å². The van der Waals surface area contributed by atoms with E-state index in [0.717, 1.165) is 62.1 Å². The van der Waals surface area contributed by atoms with Crippen molar-refractivity contribution in [1.82, 2.24) is 24.6 Å². The van der Waals surface area contributed by atoms with E-state index in [2.05, 4.69) is 24.9 Å². The SMILES string of the molecule is O=C(C1CCN(c2nnc(-n3cccc3)s2)CC1)N1CCC(N2CCCCC2)CC1. The number of carbonyl (C=O) groups is 1. The van der Waals surface area contributed by atoms with Gasteiger partial charge in [0.1, 0.15) is 0 Å². The van der Waals surface area contributed by atoms with Gasteiger partial charge in [-0.05, 0) is 63.7 Å². The molecule has 2 aromatic heterocycles. The van der Waals surface area contributed by atoms with Gasteiger partial charge < -0.3 is 14.7 Å². The molecule has 5 rings (SSSR count). The van der Waals surface area contributed by atoms with Crippen LogP contribution in [0.4, 0.5) is 5.13 Å². The van der Waals surface area contributed by atoms with E-state index in [-0.39, 0.29) is 5.92 Å². The zero-order valence-corrected chi connectivity index (χ0v) is 18.5. The quantitative estimate of drug-likeness (QED) is 0.749. The zero-order valence-electron chi connectivity index (χ0n) is 17.7. The molecule has 1 amide bonds. The molecule has 0 unspecified atom stereocenters. The fraction of sp³-hybridized carbons (Fsp3) is 0.682. The van der Waals surface area contributed by atoms with Crippen LogP contribution in [-0.4, -0.2) is 75.8 Å². The van der Waals surface area contributed by atoms with Crippen LogP contribution in [-0.2, 0) is 4.79 Å². The minimum atomic E-state index is 0.171. The summed E-state index contributed by atoms with van der Waals surface area (Å²) in [5.41, 5.74) is 0. The molecule has 30 heavy (non-hydrogen) atoms. The molecule has 3 saturated heterocycles. The first-order valence-electron chi connectivity index (χ1n) is 11.5. The van der Waals surface area contributed by atoms with Gasteiger partial charge >= 0.3 is 0 Å². The number of aromatic nitrogens is 3. The molecule has 5 heterocycles. The summed E-state index contributed by atoms with van der Waals surface area (Å²) < 4.78 is 1.99. The van der Waals surface area contributed by atoms with Crippen LogP contribution in [0.5, 0.6) is 0 Å². The second kappa shape index (κ2) is 9.06. The van der Waals surface area contributed by atoms with Gasteiger partial charge in [0.2, 0.25) is 16.2 Å². The van der Waals surface area contributed by atoms with Gasteiger partial charge in [0.05, 0.1) is 0 Å². The van der Waals surface area contributed by atoms with E-state index in [1.165, 1.54) is 32.4 Å². The molecular formula is C22H32N6OS. The smallest absolute Gasteiger partial charge is 0.225 e. The molecule has 3 aliphatic heterocycles. The summed E-state index contributed by atoms with van der Waals surface area (Å²) in [6.45, 7) is 6.18. The standard InChI is InChI=1S/C22H32N6OS/c29-20(26-16-8-19(9-17-26)25-10-2-1-3-11-25)18-6-14-28(15-7-18)22-24-23-21(30-22)27-12-4-5-13-27/h4-5,12-13,18-19H,1-3,6-11,14-17H2. The number of piperidine rings is 3. The summed E-state index contributed by atoms with van der Waals surface area (Å²) in [5.74, 6) is 0.557. The molecular weight excluding hydrogens is 396 g/mol. The van der Waals surface area contributed by atoms with Crippen molar-refractivity contribution in [2.24, 2.45) is 5.92 Å². The highest BCUT2D eigenvalue weighted by Gasteiger charge is 2.33. The molecule has 0 radical (unpaired) electrons. The molecule has 3 fully saturated rings. The number of hydrogen-bond donors (Lipinski definition) is 0. The van der Waals surface area contributed by atoms with Crippen molar-refractivity contribution in [3.05, 3.63) is 24.5 Å². The van der Waals surface area contributed by atoms with E-state index in [9.17, 15) is 4.79 Å². The Kier molecular flexibility index (Phi) is 6.04. The van der Waals surface area contributed by atoms with E-state index in [0.29, 0.717) is 11.9 Å². The fourth-order valence-corrected chi connectivity index (χ4v) is 6.08. The molecule has 0 spiro atoms. The second-order valence-corrected chi connectivity index (χ2v) is 9.81. The Bertz CT molecular complexity index is 815. The van der Waals surface area contributed by atoms with Crippen LogP contribution in [0.3, 0.4) is 0 Å². The van der Waals surface area contributed by atoms with Gasteiger partial charge in [-0.3, -0.25) is 9.36 Å². The van der Waals surface area contributed by atoms with E-state index >= 15 is 0 Å². The van der Waals surface area contributed by atoms with Crippen molar-refractivity contribution in [2.45, 2.75) is 51.0 Å². The summed E-state index contributed by atoms with van der Waals surface area (Å²) >= 11 is 1.62. The molecule has 0 saturated carbocycles. The lowest BCUT2D eigenvalue weighted by atomic mass is 9.93. The highest BCUT2D eigenvalue weighted by molar-refractivity contribution is 7.17. The monoisotopic (exact) mass is 428 g/mol. The van der Waals surface area contributed by atoms with Gasteiger partial charge in [0.25, 0.3) is 0 Å². The average Bonchev–Trinajstić information content (AvgIpc) is 3.52. The summed E-state index contributed by atoms with van der Waals surface area (Å²) in [6, 6.07) is 4.68. The molecule has 2 aromatic rings. The number of anilines is 1. The van der Waals surface area contributed by atoms with Crippen LogP contribution in [0.25, 0.3) is 5.13 Å². The minimum absolute atomic E-state index is 0.171. The van der Waals surface area contributed by atoms with Crippen LogP contribution < -0.4 is 4.90 Å². The Morgan fingerprint density at radius 3 is 2.20 bits per heavy atom. The Morgan fingerprint density at radius 2 is 1.50 bits per heavy atom. The lowest BCUT2D eigenvalue weighted by Crippen LogP contribution is -2.50. The summed E-state index contributed by atoms with van der Waals surface area (Å²) in [7, 11) is 0. The maximum absolute atomic E-state index is 13.1. The molecule has 7 nitrogen and oxygen atoms in total. The van der Waals surface area contributed by atoms with Gasteiger partial charge in [-0.25, -0.2) is 0 Å². The lowest BCUT2D eigenvalue weighted by molar-refractivity contribution is -0.137. The predicted molar refractivity (Wildman–Crippen MR) is 119 cm³/mol.